The number of rotatable bonds is 21. The Balaban J connectivity index is 2.04. The van der Waals surface area contributed by atoms with Gasteiger partial charge in [-0.1, -0.05) is 58.9 Å². The van der Waals surface area contributed by atoms with Crippen molar-refractivity contribution in [2.45, 2.75) is 131 Å². The van der Waals surface area contributed by atoms with Gasteiger partial charge in [-0.3, -0.25) is 14.3 Å². The maximum atomic E-state index is 13.1. The van der Waals surface area contributed by atoms with Crippen molar-refractivity contribution in [1.82, 2.24) is 39.8 Å². The normalized spacial score (nSPS) is 13.2. The van der Waals surface area contributed by atoms with Crippen LogP contribution in [-0.4, -0.2) is 90.0 Å². The minimum Gasteiger partial charge on any atom is -0.375 e. The quantitative estimate of drug-likeness (QED) is 0.187. The third-order valence-electron chi connectivity index (χ3n) is 8.46. The van der Waals surface area contributed by atoms with Gasteiger partial charge in [0.2, 0.25) is 0 Å². The minimum absolute atomic E-state index is 0.0535. The molecule has 0 aliphatic carbocycles. The molecule has 0 fully saturated rings. The highest BCUT2D eigenvalue weighted by Crippen LogP contribution is 2.31. The van der Waals surface area contributed by atoms with Crippen molar-refractivity contribution in [2.75, 3.05) is 32.8 Å². The Morgan fingerprint density at radius 2 is 1.24 bits per heavy atom. The maximum absolute atomic E-state index is 13.1. The zero-order chi connectivity index (χ0) is 31.2. The van der Waals surface area contributed by atoms with Crippen LogP contribution >= 0.6 is 0 Å². The molecule has 2 heterocycles. The monoisotopic (exact) mass is 588 g/mol. The van der Waals surface area contributed by atoms with Crippen molar-refractivity contribution in [3.63, 3.8) is 0 Å². The predicted octanol–water partition coefficient (Wildman–Crippen LogP) is 5.58. The van der Waals surface area contributed by atoms with Crippen LogP contribution in [0.2, 0.25) is 0 Å². The van der Waals surface area contributed by atoms with E-state index >= 15 is 0 Å². The standard InChI is InChI=1S/C31H56N8O3/c1-9-18-36(19-10-2)28(40)26-24-38(34-32-26)22-16-30(8,13-5)42-23-17-31(14-6,15-7)39-25-27(33-35-39)29(41)37(20-11-3)21-12-4/h24-25H,9-23H2,1-8H3. The molecule has 0 aliphatic heterocycles. The second kappa shape index (κ2) is 17.3. The molecule has 0 spiro atoms. The Hall–Kier alpha value is -2.82. The molecule has 11 nitrogen and oxygen atoms in total. The van der Waals surface area contributed by atoms with Gasteiger partial charge >= 0.3 is 0 Å². The molecule has 2 amide bonds. The molecule has 2 aromatic heterocycles. The molecule has 0 radical (unpaired) electrons. The van der Waals surface area contributed by atoms with Crippen LogP contribution in [-0.2, 0) is 16.8 Å². The fraction of sp³-hybridized carbons (Fsp3) is 0.806. The maximum Gasteiger partial charge on any atom is 0.276 e. The Morgan fingerprint density at radius 3 is 1.71 bits per heavy atom. The number of hydrogen-bond acceptors (Lipinski definition) is 7. The number of aryl methyl sites for hydroxylation is 1. The lowest BCUT2D eigenvalue weighted by Crippen LogP contribution is -2.37. The highest BCUT2D eigenvalue weighted by Gasteiger charge is 2.33. The SMILES string of the molecule is CCCN(CCC)C(=O)c1cn(CCC(C)(CC)OCCC(CC)(CC)n2cc(C(=O)N(CCC)CCC)nn2)nn1. The molecule has 0 saturated carbocycles. The van der Waals surface area contributed by atoms with Gasteiger partial charge in [-0.25, -0.2) is 4.68 Å². The molecular weight excluding hydrogens is 532 g/mol. The first-order valence-electron chi connectivity index (χ1n) is 16.2. The van der Waals surface area contributed by atoms with Crippen molar-refractivity contribution in [1.29, 1.82) is 0 Å². The fourth-order valence-corrected chi connectivity index (χ4v) is 5.36. The van der Waals surface area contributed by atoms with Crippen molar-refractivity contribution < 1.29 is 14.3 Å². The summed E-state index contributed by atoms with van der Waals surface area (Å²) in [4.78, 5) is 29.7. The van der Waals surface area contributed by atoms with Gasteiger partial charge < -0.3 is 14.5 Å². The molecule has 0 bridgehead atoms. The van der Waals surface area contributed by atoms with Gasteiger partial charge in [-0.05, 0) is 64.7 Å². The van der Waals surface area contributed by atoms with Crippen LogP contribution in [0.3, 0.4) is 0 Å². The molecule has 1 atom stereocenters. The van der Waals surface area contributed by atoms with Gasteiger partial charge in [-0.15, -0.1) is 10.2 Å². The molecule has 0 aliphatic rings. The van der Waals surface area contributed by atoms with Crippen LogP contribution in [0.4, 0.5) is 0 Å². The van der Waals surface area contributed by atoms with E-state index in [0.717, 1.165) is 84.0 Å². The largest absolute Gasteiger partial charge is 0.375 e. The van der Waals surface area contributed by atoms with Gasteiger partial charge in [0.25, 0.3) is 11.8 Å². The summed E-state index contributed by atoms with van der Waals surface area (Å²) >= 11 is 0. The molecule has 42 heavy (non-hydrogen) atoms. The first-order valence-corrected chi connectivity index (χ1v) is 16.2. The lowest BCUT2D eigenvalue weighted by molar-refractivity contribution is -0.0558. The van der Waals surface area contributed by atoms with E-state index in [4.69, 9.17) is 4.74 Å². The van der Waals surface area contributed by atoms with E-state index in [0.29, 0.717) is 24.5 Å². The van der Waals surface area contributed by atoms with Gasteiger partial charge in [-0.2, -0.15) is 0 Å². The Morgan fingerprint density at radius 1 is 0.738 bits per heavy atom. The number of ether oxygens (including phenoxy) is 1. The third kappa shape index (κ3) is 9.34. The second-order valence-corrected chi connectivity index (χ2v) is 11.6. The van der Waals surface area contributed by atoms with E-state index in [9.17, 15) is 9.59 Å². The first-order chi connectivity index (χ1) is 20.2. The van der Waals surface area contributed by atoms with Crippen molar-refractivity contribution >= 4 is 11.8 Å². The number of hydrogen-bond donors (Lipinski definition) is 0. The van der Waals surface area contributed by atoms with Crippen LogP contribution in [0, 0.1) is 0 Å². The molecule has 2 rings (SSSR count). The Labute approximate surface area is 253 Å². The number of amides is 2. The second-order valence-electron chi connectivity index (χ2n) is 11.6. The van der Waals surface area contributed by atoms with Gasteiger partial charge in [0.15, 0.2) is 11.4 Å². The van der Waals surface area contributed by atoms with E-state index in [2.05, 4.69) is 76.0 Å². The Bertz CT molecular complexity index is 1070. The molecule has 0 aromatic carbocycles. The molecule has 0 N–H and O–H groups in total. The van der Waals surface area contributed by atoms with Crippen LogP contribution in [0.15, 0.2) is 12.4 Å². The van der Waals surface area contributed by atoms with E-state index in [1.54, 1.807) is 10.9 Å². The van der Waals surface area contributed by atoms with Crippen LogP contribution < -0.4 is 0 Å². The predicted molar refractivity (Wildman–Crippen MR) is 165 cm³/mol. The zero-order valence-electron chi connectivity index (χ0n) is 27.6. The summed E-state index contributed by atoms with van der Waals surface area (Å²) in [6, 6.07) is 0. The minimum atomic E-state index is -0.357. The average molecular weight is 589 g/mol. The topological polar surface area (TPSA) is 111 Å². The number of carbonyl (C=O) groups is 2. The van der Waals surface area contributed by atoms with Crippen molar-refractivity contribution in [3.05, 3.63) is 23.8 Å². The van der Waals surface area contributed by atoms with Crippen LogP contribution in [0.5, 0.6) is 0 Å². The summed E-state index contributed by atoms with van der Waals surface area (Å²) in [5.74, 6) is -0.112. The summed E-state index contributed by atoms with van der Waals surface area (Å²) in [5.41, 5.74) is 0.153. The first kappa shape index (κ1) is 35.4. The van der Waals surface area contributed by atoms with Crippen LogP contribution in [0.1, 0.15) is 134 Å². The smallest absolute Gasteiger partial charge is 0.276 e. The number of carbonyl (C=O) groups excluding carboxylic acids is 2. The van der Waals surface area contributed by atoms with Gasteiger partial charge in [0.1, 0.15) is 0 Å². The summed E-state index contributed by atoms with van der Waals surface area (Å²) in [5, 5.41) is 17.1. The average Bonchev–Trinajstić information content (AvgIpc) is 3.69. The molecule has 1 unspecified atom stereocenters. The summed E-state index contributed by atoms with van der Waals surface area (Å²) < 4.78 is 10.2. The lowest BCUT2D eigenvalue weighted by Gasteiger charge is -2.34. The fourth-order valence-electron chi connectivity index (χ4n) is 5.36. The zero-order valence-corrected chi connectivity index (χ0v) is 27.6. The van der Waals surface area contributed by atoms with Gasteiger partial charge in [0, 0.05) is 39.3 Å². The summed E-state index contributed by atoms with van der Waals surface area (Å²) in [7, 11) is 0. The van der Waals surface area contributed by atoms with Gasteiger partial charge in [0.05, 0.1) is 23.5 Å². The summed E-state index contributed by atoms with van der Waals surface area (Å²) in [6.45, 7) is 20.9. The van der Waals surface area contributed by atoms with E-state index in [-0.39, 0.29) is 23.0 Å². The molecular formula is C31H56N8O3. The molecule has 2 aromatic rings. The lowest BCUT2D eigenvalue weighted by atomic mass is 9.89. The molecule has 0 saturated heterocycles. The third-order valence-corrected chi connectivity index (χ3v) is 8.46. The molecule has 238 valence electrons. The van der Waals surface area contributed by atoms with Crippen molar-refractivity contribution in [2.24, 2.45) is 0 Å². The highest BCUT2D eigenvalue weighted by atomic mass is 16.5. The van der Waals surface area contributed by atoms with E-state index in [1.165, 1.54) is 0 Å². The van der Waals surface area contributed by atoms with E-state index < -0.39 is 0 Å². The number of nitrogens with zero attached hydrogens (tertiary/aromatic N) is 8. The number of aromatic nitrogens is 6. The highest BCUT2D eigenvalue weighted by molar-refractivity contribution is 5.92. The van der Waals surface area contributed by atoms with Crippen LogP contribution in [0.25, 0.3) is 0 Å². The van der Waals surface area contributed by atoms with Crippen molar-refractivity contribution in [3.8, 4) is 0 Å². The summed E-state index contributed by atoms with van der Waals surface area (Å²) in [6.07, 6.45) is 11.3. The molecule has 11 heteroatoms. The van der Waals surface area contributed by atoms with E-state index in [1.807, 2.05) is 20.7 Å². The Kier molecular flexibility index (Phi) is 14.6.